The third kappa shape index (κ3) is 1.96. The number of anilines is 1. The summed E-state index contributed by atoms with van der Waals surface area (Å²) in [6.07, 6.45) is -0.302. The molecule has 0 saturated carbocycles. The summed E-state index contributed by atoms with van der Waals surface area (Å²) in [4.78, 5) is 11.1. The summed E-state index contributed by atoms with van der Waals surface area (Å²) < 4.78 is 13.6. The van der Waals surface area contributed by atoms with Gasteiger partial charge in [0.2, 0.25) is 0 Å². The number of nitrogen functional groups attached to an aromatic ring is 1. The number of benzene rings is 1. The summed E-state index contributed by atoms with van der Waals surface area (Å²) in [5.41, 5.74) is 4.00. The third-order valence-electron chi connectivity index (χ3n) is 2.49. The first-order valence-electron chi connectivity index (χ1n) is 4.57. The molecular formula is C11H11FN2O2. The minimum absolute atomic E-state index is 0.0317. The molecule has 4 nitrogen and oxygen atoms in total. The first-order chi connectivity index (χ1) is 7.41. The maximum absolute atomic E-state index is 13.6. The van der Waals surface area contributed by atoms with E-state index in [1.165, 1.54) is 19.1 Å². The van der Waals surface area contributed by atoms with Crippen LogP contribution < -0.4 is 5.73 Å². The fraction of sp³-hybridized carbons (Fsp3) is 0.273. The zero-order valence-electron chi connectivity index (χ0n) is 8.70. The molecule has 0 spiro atoms. The molecule has 1 rings (SSSR count). The van der Waals surface area contributed by atoms with Gasteiger partial charge in [0.15, 0.2) is 0 Å². The Kier molecular flexibility index (Phi) is 3.14. The SMILES string of the molecule is CC(CC#N)(C(=O)O)c1ccc(N)cc1F. The van der Waals surface area contributed by atoms with Gasteiger partial charge in [-0.3, -0.25) is 4.79 Å². The number of carboxylic acids is 1. The van der Waals surface area contributed by atoms with E-state index in [1.54, 1.807) is 6.07 Å². The van der Waals surface area contributed by atoms with Crippen LogP contribution in [-0.2, 0) is 10.2 Å². The van der Waals surface area contributed by atoms with Gasteiger partial charge in [-0.25, -0.2) is 4.39 Å². The van der Waals surface area contributed by atoms with Crippen molar-refractivity contribution in [1.29, 1.82) is 5.26 Å². The molecule has 1 aromatic carbocycles. The number of halogens is 1. The van der Waals surface area contributed by atoms with Crippen LogP contribution in [0.5, 0.6) is 0 Å². The van der Waals surface area contributed by atoms with Gasteiger partial charge in [0.1, 0.15) is 11.2 Å². The largest absolute Gasteiger partial charge is 0.481 e. The molecule has 16 heavy (non-hydrogen) atoms. The Hall–Kier alpha value is -2.09. The molecule has 1 atom stereocenters. The number of hydrogen-bond donors (Lipinski definition) is 2. The minimum atomic E-state index is -1.55. The normalized spacial score (nSPS) is 13.8. The second-order valence-electron chi connectivity index (χ2n) is 3.71. The Bertz CT molecular complexity index is 468. The van der Waals surface area contributed by atoms with E-state index < -0.39 is 17.2 Å². The highest BCUT2D eigenvalue weighted by molar-refractivity contribution is 5.81. The molecule has 0 aliphatic carbocycles. The number of aliphatic carboxylic acids is 1. The lowest BCUT2D eigenvalue weighted by Gasteiger charge is -2.22. The topological polar surface area (TPSA) is 87.1 Å². The average Bonchev–Trinajstić information content (AvgIpc) is 2.17. The van der Waals surface area contributed by atoms with Crippen LogP contribution in [0.2, 0.25) is 0 Å². The van der Waals surface area contributed by atoms with Crippen molar-refractivity contribution in [1.82, 2.24) is 0 Å². The summed E-state index contributed by atoms with van der Waals surface area (Å²) in [5, 5.41) is 17.7. The number of rotatable bonds is 3. The maximum Gasteiger partial charge on any atom is 0.315 e. The van der Waals surface area contributed by atoms with Crippen molar-refractivity contribution in [2.45, 2.75) is 18.8 Å². The number of nitrogens with two attached hydrogens (primary N) is 1. The first kappa shape index (κ1) is 12.0. The minimum Gasteiger partial charge on any atom is -0.481 e. The molecule has 84 valence electrons. The first-order valence-corrected chi connectivity index (χ1v) is 4.57. The van der Waals surface area contributed by atoms with E-state index in [4.69, 9.17) is 16.1 Å². The van der Waals surface area contributed by atoms with Crippen molar-refractivity contribution in [2.75, 3.05) is 5.73 Å². The summed E-state index contributed by atoms with van der Waals surface area (Å²) in [6.45, 7) is 1.31. The van der Waals surface area contributed by atoms with Crippen LogP contribution >= 0.6 is 0 Å². The van der Waals surface area contributed by atoms with Crippen LogP contribution in [0.15, 0.2) is 18.2 Å². The van der Waals surface area contributed by atoms with Crippen LogP contribution in [0.25, 0.3) is 0 Å². The monoisotopic (exact) mass is 222 g/mol. The highest BCUT2D eigenvalue weighted by atomic mass is 19.1. The van der Waals surface area contributed by atoms with Gasteiger partial charge in [-0.2, -0.15) is 5.26 Å². The molecule has 0 amide bonds. The highest BCUT2D eigenvalue weighted by Gasteiger charge is 2.37. The average molecular weight is 222 g/mol. The Balaban J connectivity index is 3.33. The molecule has 3 N–H and O–H groups in total. The van der Waals surface area contributed by atoms with Gasteiger partial charge < -0.3 is 10.8 Å². The van der Waals surface area contributed by atoms with Crippen molar-refractivity contribution < 1.29 is 14.3 Å². The second kappa shape index (κ2) is 4.19. The number of nitriles is 1. The summed E-state index contributed by atoms with van der Waals surface area (Å²) >= 11 is 0. The molecule has 1 unspecified atom stereocenters. The summed E-state index contributed by atoms with van der Waals surface area (Å²) in [7, 11) is 0. The van der Waals surface area contributed by atoms with Gasteiger partial charge in [0.05, 0.1) is 12.5 Å². The highest BCUT2D eigenvalue weighted by Crippen LogP contribution is 2.30. The molecule has 1 aromatic rings. The lowest BCUT2D eigenvalue weighted by molar-refractivity contribution is -0.143. The number of carbonyl (C=O) groups is 1. The van der Waals surface area contributed by atoms with Crippen LogP contribution in [0, 0.1) is 17.1 Å². The van der Waals surface area contributed by atoms with Crippen LogP contribution in [0.3, 0.4) is 0 Å². The molecule has 0 saturated heterocycles. The van der Waals surface area contributed by atoms with Gasteiger partial charge in [-0.1, -0.05) is 6.07 Å². The maximum atomic E-state index is 13.6. The van der Waals surface area contributed by atoms with E-state index in [9.17, 15) is 9.18 Å². The number of nitrogens with zero attached hydrogens (tertiary/aromatic N) is 1. The van der Waals surface area contributed by atoms with E-state index in [2.05, 4.69) is 0 Å². The van der Waals surface area contributed by atoms with Crippen molar-refractivity contribution in [3.8, 4) is 6.07 Å². The standard InChI is InChI=1S/C11H11FN2O2/c1-11(4-5-13,10(15)16)8-3-2-7(14)6-9(8)12/h2-3,6H,4,14H2,1H3,(H,15,16). The van der Waals surface area contributed by atoms with Gasteiger partial charge in [-0.05, 0) is 19.1 Å². The smallest absolute Gasteiger partial charge is 0.315 e. The lowest BCUT2D eigenvalue weighted by atomic mass is 9.79. The Morgan fingerprint density at radius 2 is 2.31 bits per heavy atom. The number of hydrogen-bond acceptors (Lipinski definition) is 3. The fourth-order valence-corrected chi connectivity index (χ4v) is 1.42. The van der Waals surface area contributed by atoms with Gasteiger partial charge in [0, 0.05) is 11.3 Å². The van der Waals surface area contributed by atoms with Crippen molar-refractivity contribution in [3.63, 3.8) is 0 Å². The van der Waals surface area contributed by atoms with E-state index in [0.29, 0.717) is 0 Å². The molecule has 0 bridgehead atoms. The molecule has 0 heterocycles. The predicted octanol–water partition coefficient (Wildman–Crippen LogP) is 1.66. The zero-order valence-corrected chi connectivity index (χ0v) is 8.70. The van der Waals surface area contributed by atoms with E-state index >= 15 is 0 Å². The van der Waals surface area contributed by atoms with Crippen molar-refractivity contribution in [2.24, 2.45) is 0 Å². The lowest BCUT2D eigenvalue weighted by Crippen LogP contribution is -2.33. The van der Waals surface area contributed by atoms with Crippen LogP contribution in [-0.4, -0.2) is 11.1 Å². The summed E-state index contributed by atoms with van der Waals surface area (Å²) in [5.74, 6) is -1.95. The Labute approximate surface area is 92.1 Å². The molecular weight excluding hydrogens is 211 g/mol. The van der Waals surface area contributed by atoms with Crippen molar-refractivity contribution >= 4 is 11.7 Å². The van der Waals surface area contributed by atoms with E-state index in [-0.39, 0.29) is 17.7 Å². The van der Waals surface area contributed by atoms with Gasteiger partial charge in [-0.15, -0.1) is 0 Å². The molecule has 0 fully saturated rings. The fourth-order valence-electron chi connectivity index (χ4n) is 1.42. The third-order valence-corrected chi connectivity index (χ3v) is 2.49. The predicted molar refractivity (Wildman–Crippen MR) is 56.0 cm³/mol. The van der Waals surface area contributed by atoms with Gasteiger partial charge >= 0.3 is 5.97 Å². The van der Waals surface area contributed by atoms with Gasteiger partial charge in [0.25, 0.3) is 0 Å². The van der Waals surface area contributed by atoms with Crippen LogP contribution in [0.1, 0.15) is 18.9 Å². The zero-order chi connectivity index (χ0) is 12.3. The molecule has 0 aliphatic heterocycles. The molecule has 0 aromatic heterocycles. The van der Waals surface area contributed by atoms with E-state index in [0.717, 1.165) is 6.07 Å². The Morgan fingerprint density at radius 1 is 1.69 bits per heavy atom. The van der Waals surface area contributed by atoms with Crippen molar-refractivity contribution in [3.05, 3.63) is 29.6 Å². The summed E-state index contributed by atoms with van der Waals surface area (Å²) in [6, 6.07) is 5.52. The quantitative estimate of drug-likeness (QED) is 0.761. The molecule has 0 aliphatic rings. The molecule has 0 radical (unpaired) electrons. The number of carboxylic acid groups (broad SMARTS) is 1. The van der Waals surface area contributed by atoms with E-state index in [1.807, 2.05) is 0 Å². The Morgan fingerprint density at radius 3 is 2.75 bits per heavy atom. The second-order valence-corrected chi connectivity index (χ2v) is 3.71. The van der Waals surface area contributed by atoms with Crippen LogP contribution in [0.4, 0.5) is 10.1 Å². The molecule has 5 heteroatoms.